The molecule has 1 amide bonds. The molecule has 0 unspecified atom stereocenters. The molecule has 0 fully saturated rings. The van der Waals surface area contributed by atoms with Crippen molar-refractivity contribution >= 4 is 16.1 Å². The molecule has 0 N–H and O–H groups in total. The smallest absolute Gasteiger partial charge is 0.253 e. The van der Waals surface area contributed by atoms with E-state index in [1.165, 1.54) is 0 Å². The molecule has 1 aromatic rings. The largest absolute Gasteiger partial charge is 0.343 e. The Labute approximate surface area is 82.0 Å². The quantitative estimate of drug-likeness (QED) is 0.639. The molecule has 0 bridgehead atoms. The summed E-state index contributed by atoms with van der Waals surface area (Å²) in [5.41, 5.74) is 0.792. The Balaban J connectivity index is 2.78. The molecule has 0 aliphatic rings. The maximum Gasteiger partial charge on any atom is 0.253 e. The molecular formula is C10H15NOSi. The van der Waals surface area contributed by atoms with Crippen LogP contribution in [0, 0.1) is 0 Å². The number of nitrogens with zero attached hydrogens (tertiary/aromatic N) is 1. The SMILES string of the molecule is CCN(C[SiH3])C(=O)c1ccccc1. The molecule has 13 heavy (non-hydrogen) atoms. The van der Waals surface area contributed by atoms with Gasteiger partial charge in [0.05, 0.1) is 0 Å². The first-order chi connectivity index (χ1) is 6.29. The zero-order chi connectivity index (χ0) is 9.68. The molecule has 3 heteroatoms. The molecule has 0 heterocycles. The first kappa shape index (κ1) is 9.99. The summed E-state index contributed by atoms with van der Waals surface area (Å²) in [7, 11) is 1.04. The van der Waals surface area contributed by atoms with Crippen LogP contribution in [-0.2, 0) is 0 Å². The van der Waals surface area contributed by atoms with E-state index in [0.717, 1.165) is 28.5 Å². The minimum Gasteiger partial charge on any atom is -0.343 e. The molecule has 0 radical (unpaired) electrons. The van der Waals surface area contributed by atoms with Crippen LogP contribution in [0.15, 0.2) is 30.3 Å². The minimum absolute atomic E-state index is 0.151. The number of carbonyl (C=O) groups is 1. The van der Waals surface area contributed by atoms with Crippen molar-refractivity contribution in [3.63, 3.8) is 0 Å². The van der Waals surface area contributed by atoms with E-state index >= 15 is 0 Å². The van der Waals surface area contributed by atoms with Crippen molar-refractivity contribution in [3.8, 4) is 0 Å². The fraction of sp³-hybridized carbons (Fsp3) is 0.300. The predicted molar refractivity (Wildman–Crippen MR) is 58.0 cm³/mol. The average Bonchev–Trinajstić information content (AvgIpc) is 2.21. The van der Waals surface area contributed by atoms with E-state index in [2.05, 4.69) is 0 Å². The standard InChI is InChI=1S/C10H15NOSi/c1-2-11(8-13)10(12)9-6-4-3-5-7-9/h3-7H,2,8H2,1,13H3. The van der Waals surface area contributed by atoms with Crippen molar-refractivity contribution in [2.45, 2.75) is 6.92 Å². The van der Waals surface area contributed by atoms with Crippen molar-refractivity contribution in [1.82, 2.24) is 4.90 Å². The van der Waals surface area contributed by atoms with E-state index in [1.807, 2.05) is 42.2 Å². The molecule has 2 nitrogen and oxygen atoms in total. The van der Waals surface area contributed by atoms with E-state index in [0.29, 0.717) is 0 Å². The third-order valence-corrected chi connectivity index (χ3v) is 2.83. The number of rotatable bonds is 3. The van der Waals surface area contributed by atoms with E-state index in [9.17, 15) is 4.79 Å². The fourth-order valence-electron chi connectivity index (χ4n) is 1.27. The van der Waals surface area contributed by atoms with Crippen molar-refractivity contribution in [1.29, 1.82) is 0 Å². The van der Waals surface area contributed by atoms with Crippen molar-refractivity contribution in [2.75, 3.05) is 12.7 Å². The molecule has 1 rings (SSSR count). The van der Waals surface area contributed by atoms with Crippen molar-refractivity contribution < 1.29 is 4.79 Å². The van der Waals surface area contributed by atoms with E-state index in [-0.39, 0.29) is 5.91 Å². The summed E-state index contributed by atoms with van der Waals surface area (Å²) in [6.07, 6.45) is 0.907. The van der Waals surface area contributed by atoms with Gasteiger partial charge in [-0.15, -0.1) is 0 Å². The van der Waals surface area contributed by atoms with Gasteiger partial charge in [0.1, 0.15) is 0 Å². The van der Waals surface area contributed by atoms with E-state index in [1.54, 1.807) is 0 Å². The minimum atomic E-state index is 0.151. The lowest BCUT2D eigenvalue weighted by atomic mass is 10.2. The topological polar surface area (TPSA) is 20.3 Å². The predicted octanol–water partition coefficient (Wildman–Crippen LogP) is 0.472. The van der Waals surface area contributed by atoms with Gasteiger partial charge in [-0.2, -0.15) is 0 Å². The van der Waals surface area contributed by atoms with Crippen LogP contribution in [0.25, 0.3) is 0 Å². The van der Waals surface area contributed by atoms with Gasteiger partial charge >= 0.3 is 0 Å². The Morgan fingerprint density at radius 2 is 2.00 bits per heavy atom. The molecule has 0 saturated carbocycles. The summed E-state index contributed by atoms with van der Waals surface area (Å²) in [5.74, 6) is 0.151. The van der Waals surface area contributed by atoms with Crippen LogP contribution in [0.5, 0.6) is 0 Å². The Hall–Kier alpha value is -1.09. The lowest BCUT2D eigenvalue weighted by Crippen LogP contribution is -2.31. The second-order valence-corrected chi connectivity index (χ2v) is 3.48. The molecular weight excluding hydrogens is 178 g/mol. The van der Waals surface area contributed by atoms with E-state index in [4.69, 9.17) is 0 Å². The number of hydrogen-bond donors (Lipinski definition) is 0. The maximum absolute atomic E-state index is 11.8. The third-order valence-electron chi connectivity index (χ3n) is 2.07. The van der Waals surface area contributed by atoms with Gasteiger partial charge < -0.3 is 4.90 Å². The van der Waals surface area contributed by atoms with Crippen molar-refractivity contribution in [2.24, 2.45) is 0 Å². The van der Waals surface area contributed by atoms with Crippen LogP contribution >= 0.6 is 0 Å². The molecule has 0 saturated heterocycles. The van der Waals surface area contributed by atoms with Crippen LogP contribution in [0.3, 0.4) is 0 Å². The zero-order valence-corrected chi connectivity index (χ0v) is 10.2. The summed E-state index contributed by atoms with van der Waals surface area (Å²) in [4.78, 5) is 13.6. The normalized spacial score (nSPS) is 9.92. The summed E-state index contributed by atoms with van der Waals surface area (Å²) in [6.45, 7) is 2.82. The summed E-state index contributed by atoms with van der Waals surface area (Å²) < 4.78 is 0. The van der Waals surface area contributed by atoms with Gasteiger partial charge in [0.15, 0.2) is 0 Å². The van der Waals surface area contributed by atoms with Crippen molar-refractivity contribution in [3.05, 3.63) is 35.9 Å². The Morgan fingerprint density at radius 1 is 1.38 bits per heavy atom. The summed E-state index contributed by atoms with van der Waals surface area (Å²) >= 11 is 0. The van der Waals surface area contributed by atoms with Crippen LogP contribution in [0.4, 0.5) is 0 Å². The highest BCUT2D eigenvalue weighted by molar-refractivity contribution is 6.11. The van der Waals surface area contributed by atoms with Gasteiger partial charge in [0, 0.05) is 28.5 Å². The van der Waals surface area contributed by atoms with Crippen LogP contribution in [0.1, 0.15) is 17.3 Å². The number of benzene rings is 1. The lowest BCUT2D eigenvalue weighted by Gasteiger charge is -2.18. The van der Waals surface area contributed by atoms with Gasteiger partial charge in [0.25, 0.3) is 5.91 Å². The fourth-order valence-corrected chi connectivity index (χ4v) is 2.01. The first-order valence-electron chi connectivity index (χ1n) is 4.64. The van der Waals surface area contributed by atoms with Gasteiger partial charge in [-0.05, 0) is 19.1 Å². The number of amides is 1. The summed E-state index contributed by atoms with van der Waals surface area (Å²) in [5, 5.41) is 0. The second-order valence-electron chi connectivity index (χ2n) is 2.84. The van der Waals surface area contributed by atoms with Crippen LogP contribution in [-0.4, -0.2) is 33.8 Å². The highest BCUT2D eigenvalue weighted by Gasteiger charge is 2.10. The van der Waals surface area contributed by atoms with Gasteiger partial charge in [-0.1, -0.05) is 18.2 Å². The first-order valence-corrected chi connectivity index (χ1v) is 6.05. The van der Waals surface area contributed by atoms with Crippen LogP contribution < -0.4 is 0 Å². The highest BCUT2D eigenvalue weighted by atomic mass is 28.1. The average molecular weight is 193 g/mol. The Morgan fingerprint density at radius 3 is 2.46 bits per heavy atom. The lowest BCUT2D eigenvalue weighted by molar-refractivity contribution is 0.0791. The van der Waals surface area contributed by atoms with Gasteiger partial charge in [-0.3, -0.25) is 4.79 Å². The molecule has 0 aromatic heterocycles. The molecule has 70 valence electrons. The molecule has 0 spiro atoms. The number of carbonyl (C=O) groups excluding carboxylic acids is 1. The molecule has 1 aromatic carbocycles. The molecule has 0 aliphatic carbocycles. The van der Waals surface area contributed by atoms with Gasteiger partial charge in [-0.25, -0.2) is 0 Å². The van der Waals surface area contributed by atoms with Crippen LogP contribution in [0.2, 0.25) is 0 Å². The zero-order valence-electron chi connectivity index (χ0n) is 8.16. The maximum atomic E-state index is 11.8. The monoisotopic (exact) mass is 193 g/mol. The molecule has 0 aliphatic heterocycles. The number of hydrogen-bond acceptors (Lipinski definition) is 1. The summed E-state index contributed by atoms with van der Waals surface area (Å²) in [6, 6.07) is 9.44. The van der Waals surface area contributed by atoms with E-state index < -0.39 is 0 Å². The highest BCUT2D eigenvalue weighted by Crippen LogP contribution is 2.03. The third kappa shape index (κ3) is 2.42. The Kier molecular flexibility index (Phi) is 3.70. The Bertz CT molecular complexity index is 270. The second kappa shape index (κ2) is 4.82. The molecule has 0 atom stereocenters. The van der Waals surface area contributed by atoms with Gasteiger partial charge in [0.2, 0.25) is 0 Å².